The van der Waals surface area contributed by atoms with Gasteiger partial charge in [0.25, 0.3) is 0 Å². The predicted octanol–water partition coefficient (Wildman–Crippen LogP) is 3.61. The molecule has 2 rings (SSSR count). The second-order valence-corrected chi connectivity index (χ2v) is 5.27. The van der Waals surface area contributed by atoms with Crippen LogP contribution in [0.1, 0.15) is 33.9 Å². The molecule has 0 saturated heterocycles. The minimum absolute atomic E-state index is 0.0646. The van der Waals surface area contributed by atoms with E-state index in [1.165, 1.54) is 6.92 Å². The van der Waals surface area contributed by atoms with Gasteiger partial charge < -0.3 is 9.15 Å². The molecule has 0 saturated carbocycles. The molecule has 0 aliphatic rings. The Bertz CT molecular complexity index is 676. The van der Waals surface area contributed by atoms with Gasteiger partial charge in [0, 0.05) is 0 Å². The van der Waals surface area contributed by atoms with Crippen molar-refractivity contribution in [3.63, 3.8) is 0 Å². The fourth-order valence-electron chi connectivity index (χ4n) is 1.67. The highest BCUT2D eigenvalue weighted by Crippen LogP contribution is 2.37. The number of halogens is 3. The number of ether oxygens (including phenoxy) is 1. The standard InChI is InChI=1S/C12H11F3N2O3S/c1-4-19-11(18)7-9(12(13,14)15)17-10(20-7)8-5(2)16-6(3)21-8/h4H2,1-3H3. The van der Waals surface area contributed by atoms with Crippen LogP contribution in [-0.2, 0) is 10.9 Å². The van der Waals surface area contributed by atoms with Crippen LogP contribution in [-0.4, -0.2) is 22.5 Å². The first-order valence-corrected chi connectivity index (χ1v) is 6.75. The molecule has 9 heteroatoms. The number of alkyl halides is 3. The molecule has 5 nitrogen and oxygen atoms in total. The van der Waals surface area contributed by atoms with Crippen LogP contribution in [0.5, 0.6) is 0 Å². The number of aromatic nitrogens is 2. The van der Waals surface area contributed by atoms with Gasteiger partial charge in [-0.3, -0.25) is 0 Å². The lowest BCUT2D eigenvalue weighted by molar-refractivity contribution is -0.141. The van der Waals surface area contributed by atoms with Gasteiger partial charge in [-0.25, -0.2) is 14.8 Å². The van der Waals surface area contributed by atoms with E-state index in [0.717, 1.165) is 11.3 Å². The van der Waals surface area contributed by atoms with Gasteiger partial charge in [-0.15, -0.1) is 11.3 Å². The number of aryl methyl sites for hydroxylation is 2. The van der Waals surface area contributed by atoms with Crippen molar-refractivity contribution in [1.29, 1.82) is 0 Å². The summed E-state index contributed by atoms with van der Waals surface area (Å²) in [5.41, 5.74) is -0.899. The number of oxazole rings is 1. The molecule has 0 fully saturated rings. The summed E-state index contributed by atoms with van der Waals surface area (Å²) < 4.78 is 48.4. The van der Waals surface area contributed by atoms with Gasteiger partial charge in [0.1, 0.15) is 4.88 Å². The molecule has 2 aromatic rings. The summed E-state index contributed by atoms with van der Waals surface area (Å²) in [7, 11) is 0. The van der Waals surface area contributed by atoms with Gasteiger partial charge in [0.15, 0.2) is 5.69 Å². The molecule has 0 radical (unpaired) electrons. The highest BCUT2D eigenvalue weighted by atomic mass is 32.1. The molecule has 0 N–H and O–H groups in total. The molecule has 0 bridgehead atoms. The van der Waals surface area contributed by atoms with Gasteiger partial charge in [-0.2, -0.15) is 13.2 Å². The van der Waals surface area contributed by atoms with Crippen molar-refractivity contribution in [2.45, 2.75) is 26.9 Å². The van der Waals surface area contributed by atoms with E-state index < -0.39 is 23.6 Å². The maximum atomic E-state index is 12.9. The number of carbonyl (C=O) groups excluding carboxylic acids is 1. The van der Waals surface area contributed by atoms with Crippen LogP contribution in [0.3, 0.4) is 0 Å². The zero-order chi connectivity index (χ0) is 15.8. The van der Waals surface area contributed by atoms with Crippen LogP contribution >= 0.6 is 11.3 Å². The lowest BCUT2D eigenvalue weighted by Gasteiger charge is -2.03. The third kappa shape index (κ3) is 3.07. The Kier molecular flexibility index (Phi) is 4.04. The second kappa shape index (κ2) is 5.47. The Morgan fingerprint density at radius 2 is 2.00 bits per heavy atom. The third-order valence-corrected chi connectivity index (χ3v) is 3.52. The van der Waals surface area contributed by atoms with Gasteiger partial charge in [0.05, 0.1) is 17.3 Å². The van der Waals surface area contributed by atoms with Crippen LogP contribution in [0.2, 0.25) is 0 Å². The first-order valence-electron chi connectivity index (χ1n) is 5.93. The molecule has 114 valence electrons. The fraction of sp³-hybridized carbons (Fsp3) is 0.417. The SMILES string of the molecule is CCOC(=O)c1oc(-c2sc(C)nc2C)nc1C(F)(F)F. The fourth-order valence-corrected chi connectivity index (χ4v) is 2.52. The Balaban J connectivity index is 2.55. The molecule has 0 spiro atoms. The average Bonchev–Trinajstić information content (AvgIpc) is 2.92. The number of carbonyl (C=O) groups is 1. The second-order valence-electron chi connectivity index (χ2n) is 4.06. The summed E-state index contributed by atoms with van der Waals surface area (Å²) in [6.07, 6.45) is -4.81. The predicted molar refractivity (Wildman–Crippen MR) is 68.0 cm³/mol. The first-order chi connectivity index (χ1) is 9.74. The Labute approximate surface area is 121 Å². The molecule has 0 aliphatic carbocycles. The maximum absolute atomic E-state index is 12.9. The number of nitrogens with zero attached hydrogens (tertiary/aromatic N) is 2. The Morgan fingerprint density at radius 3 is 2.48 bits per heavy atom. The zero-order valence-corrected chi connectivity index (χ0v) is 12.2. The molecule has 0 aliphatic heterocycles. The molecule has 0 atom stereocenters. The van der Waals surface area contributed by atoms with Crippen LogP contribution in [0.25, 0.3) is 10.8 Å². The van der Waals surface area contributed by atoms with Gasteiger partial charge in [-0.05, 0) is 20.8 Å². The van der Waals surface area contributed by atoms with E-state index in [0.29, 0.717) is 15.6 Å². The molecule has 2 aromatic heterocycles. The van der Waals surface area contributed by atoms with E-state index in [1.807, 2.05) is 0 Å². The number of esters is 1. The van der Waals surface area contributed by atoms with Crippen molar-refractivity contribution in [1.82, 2.24) is 9.97 Å². The van der Waals surface area contributed by atoms with E-state index in [4.69, 9.17) is 4.42 Å². The van der Waals surface area contributed by atoms with Crippen molar-refractivity contribution < 1.29 is 27.1 Å². The lowest BCUT2D eigenvalue weighted by Crippen LogP contribution is -2.14. The van der Waals surface area contributed by atoms with Crippen LogP contribution in [0.4, 0.5) is 13.2 Å². The summed E-state index contributed by atoms with van der Waals surface area (Å²) in [5.74, 6) is -2.42. The highest BCUT2D eigenvalue weighted by molar-refractivity contribution is 7.15. The van der Waals surface area contributed by atoms with Crippen molar-refractivity contribution in [3.05, 3.63) is 22.2 Å². The quantitative estimate of drug-likeness (QED) is 0.808. The van der Waals surface area contributed by atoms with E-state index in [-0.39, 0.29) is 12.5 Å². The van der Waals surface area contributed by atoms with E-state index in [9.17, 15) is 18.0 Å². The van der Waals surface area contributed by atoms with Crippen LogP contribution < -0.4 is 0 Å². The average molecular weight is 320 g/mol. The van der Waals surface area contributed by atoms with Crippen molar-refractivity contribution in [2.24, 2.45) is 0 Å². The summed E-state index contributed by atoms with van der Waals surface area (Å²) in [6, 6.07) is 0. The number of rotatable bonds is 3. The highest BCUT2D eigenvalue weighted by Gasteiger charge is 2.42. The van der Waals surface area contributed by atoms with E-state index >= 15 is 0 Å². The maximum Gasteiger partial charge on any atom is 0.437 e. The Hall–Kier alpha value is -1.90. The summed E-state index contributed by atoms with van der Waals surface area (Å²) in [6.45, 7) is 4.76. The number of hydrogen-bond acceptors (Lipinski definition) is 6. The molecule has 0 aromatic carbocycles. The zero-order valence-electron chi connectivity index (χ0n) is 11.4. The van der Waals surface area contributed by atoms with Crippen molar-refractivity contribution in [3.8, 4) is 10.8 Å². The van der Waals surface area contributed by atoms with Crippen LogP contribution in [0.15, 0.2) is 4.42 Å². The minimum atomic E-state index is -4.81. The van der Waals surface area contributed by atoms with Crippen LogP contribution in [0, 0.1) is 13.8 Å². The monoisotopic (exact) mass is 320 g/mol. The molecular formula is C12H11F3N2O3S. The topological polar surface area (TPSA) is 65.2 Å². The smallest absolute Gasteiger partial charge is 0.437 e. The van der Waals surface area contributed by atoms with Crippen molar-refractivity contribution >= 4 is 17.3 Å². The molecule has 0 unspecified atom stereocenters. The summed E-state index contributed by atoms with van der Waals surface area (Å²) >= 11 is 1.14. The largest absolute Gasteiger partial charge is 0.460 e. The Morgan fingerprint density at radius 1 is 1.33 bits per heavy atom. The van der Waals surface area contributed by atoms with Crippen molar-refractivity contribution in [2.75, 3.05) is 6.61 Å². The normalized spacial score (nSPS) is 11.7. The van der Waals surface area contributed by atoms with Gasteiger partial charge >= 0.3 is 12.1 Å². The molecule has 2 heterocycles. The summed E-state index contributed by atoms with van der Waals surface area (Å²) in [4.78, 5) is 19.4. The molecule has 0 amide bonds. The summed E-state index contributed by atoms with van der Waals surface area (Å²) in [5, 5.41) is 0.659. The number of thiazole rings is 1. The van der Waals surface area contributed by atoms with Gasteiger partial charge in [0.2, 0.25) is 11.7 Å². The number of hydrogen-bond donors (Lipinski definition) is 0. The van der Waals surface area contributed by atoms with E-state index in [2.05, 4.69) is 14.7 Å². The minimum Gasteiger partial charge on any atom is -0.460 e. The third-order valence-electron chi connectivity index (χ3n) is 2.45. The first kappa shape index (κ1) is 15.5. The van der Waals surface area contributed by atoms with E-state index in [1.54, 1.807) is 13.8 Å². The van der Waals surface area contributed by atoms with Gasteiger partial charge in [-0.1, -0.05) is 0 Å². The lowest BCUT2D eigenvalue weighted by atomic mass is 10.3. The molecule has 21 heavy (non-hydrogen) atoms. The molecular weight excluding hydrogens is 309 g/mol.